The van der Waals surface area contributed by atoms with E-state index in [0.717, 1.165) is 38.5 Å². The number of unbranched alkanes of at least 4 members (excludes halogenated alkanes) is 6. The molecule has 25 nitrogen and oxygen atoms in total. The van der Waals surface area contributed by atoms with Crippen molar-refractivity contribution in [1.29, 1.82) is 0 Å². The van der Waals surface area contributed by atoms with Crippen LogP contribution in [0.25, 0.3) is 0 Å². The molecule has 1 heterocycles. The Bertz CT molecular complexity index is 2080. The van der Waals surface area contributed by atoms with Crippen LogP contribution in [0.2, 0.25) is 0 Å². The number of aliphatic hydroxyl groups excluding tert-OH is 3. The molecular formula is C57H101N9O16. The third-order valence-corrected chi connectivity index (χ3v) is 14.4. The molecule has 0 unspecified atom stereocenters. The maximum absolute atomic E-state index is 14.8. The number of aliphatic hydroxyl groups is 3. The molecule has 0 bridgehead atoms. The minimum Gasteiger partial charge on any atom is -0.481 e. The van der Waals surface area contributed by atoms with Crippen molar-refractivity contribution in [3.63, 3.8) is 0 Å². The van der Waals surface area contributed by atoms with Crippen molar-refractivity contribution >= 4 is 65.1 Å². The second kappa shape index (κ2) is 38.8. The molecule has 470 valence electrons. The number of carboxylic acids is 1. The number of nitrogens with one attached hydrogen (secondary N) is 9. The maximum Gasteiger partial charge on any atom is 0.329 e. The van der Waals surface area contributed by atoms with Gasteiger partial charge in [0.1, 0.15) is 60.5 Å². The van der Waals surface area contributed by atoms with Gasteiger partial charge in [0.05, 0.1) is 25.7 Å². The van der Waals surface area contributed by atoms with Crippen LogP contribution < -0.4 is 47.9 Å². The number of hydrogen-bond donors (Lipinski definition) is 13. The first kappa shape index (κ1) is 74.1. The molecule has 1 aliphatic rings. The number of esters is 1. The van der Waals surface area contributed by atoms with Crippen molar-refractivity contribution in [2.75, 3.05) is 13.2 Å². The molecule has 0 saturated carbocycles. The lowest BCUT2D eigenvalue weighted by atomic mass is 9.96. The summed E-state index contributed by atoms with van der Waals surface area (Å²) in [4.78, 5) is 153. The van der Waals surface area contributed by atoms with Gasteiger partial charge in [-0.25, -0.2) is 4.79 Å². The molecule has 9 amide bonds. The fourth-order valence-electron chi connectivity index (χ4n) is 9.13. The predicted octanol–water partition coefficient (Wildman–Crippen LogP) is 1.27. The predicted molar refractivity (Wildman–Crippen MR) is 304 cm³/mol. The van der Waals surface area contributed by atoms with Crippen molar-refractivity contribution in [2.45, 2.75) is 252 Å². The zero-order chi connectivity index (χ0) is 62.4. The fourth-order valence-corrected chi connectivity index (χ4v) is 9.13. The number of amides is 9. The summed E-state index contributed by atoms with van der Waals surface area (Å²) in [7, 11) is 0. The van der Waals surface area contributed by atoms with E-state index < -0.39 is 170 Å². The number of carboxylic acid groups (broad SMARTS) is 1. The van der Waals surface area contributed by atoms with Gasteiger partial charge in [0.2, 0.25) is 53.2 Å². The summed E-state index contributed by atoms with van der Waals surface area (Å²) in [5.41, 5.74) is 0. The summed E-state index contributed by atoms with van der Waals surface area (Å²) >= 11 is 0. The molecule has 0 aromatic heterocycles. The van der Waals surface area contributed by atoms with Crippen LogP contribution >= 0.6 is 0 Å². The number of cyclic esters (lactones) is 1. The van der Waals surface area contributed by atoms with Crippen LogP contribution in [0.4, 0.5) is 0 Å². The van der Waals surface area contributed by atoms with Crippen molar-refractivity contribution in [2.24, 2.45) is 29.6 Å². The van der Waals surface area contributed by atoms with Crippen LogP contribution in [0.1, 0.15) is 186 Å². The molecule has 0 aromatic carbocycles. The topological polar surface area (TPSA) is 386 Å². The highest BCUT2D eigenvalue weighted by Gasteiger charge is 2.41. The van der Waals surface area contributed by atoms with Crippen LogP contribution in [-0.2, 0) is 57.5 Å². The van der Waals surface area contributed by atoms with E-state index >= 15 is 0 Å². The largest absolute Gasteiger partial charge is 0.481 e. The van der Waals surface area contributed by atoms with E-state index in [0.29, 0.717) is 12.8 Å². The van der Waals surface area contributed by atoms with E-state index in [1.165, 1.54) is 6.92 Å². The summed E-state index contributed by atoms with van der Waals surface area (Å²) < 4.78 is 5.85. The maximum atomic E-state index is 14.8. The summed E-state index contributed by atoms with van der Waals surface area (Å²) in [6.07, 6.45) is 3.74. The second-order valence-corrected chi connectivity index (χ2v) is 23.3. The number of carbonyl (C=O) groups excluding carboxylic acids is 10. The van der Waals surface area contributed by atoms with E-state index in [4.69, 9.17) is 4.74 Å². The van der Waals surface area contributed by atoms with Gasteiger partial charge in [-0.05, 0) is 68.6 Å². The van der Waals surface area contributed by atoms with Crippen LogP contribution in [0, 0.1) is 29.6 Å². The van der Waals surface area contributed by atoms with Gasteiger partial charge in [0, 0.05) is 6.42 Å². The van der Waals surface area contributed by atoms with Gasteiger partial charge < -0.3 is 73.0 Å². The number of carbonyl (C=O) groups is 11. The Balaban J connectivity index is 3.98. The van der Waals surface area contributed by atoms with Gasteiger partial charge >= 0.3 is 11.9 Å². The molecule has 0 spiro atoms. The van der Waals surface area contributed by atoms with E-state index in [-0.39, 0.29) is 56.3 Å². The standard InChI is InChI=1S/C57H101N9O16/c1-13-16-17-18-19-20-21-22-37(69)28-44(70)58-39(25-31(4)5)50(74)59-38(23-24-45(71)72)49(73)66-48-36(12)82-57(81)47(35(11)15-3)65-54(78)43(30-68)63-51(75)40(26-32(6)7)60-53(77)42(29-67)62-52(76)41(27-33(8)9)61-55(79)46(34(10)14-2)64-56(48)80/h31-43,46-48,67-69H,13-30H2,1-12H3,(H,58,70)(H,59,74)(H,60,77)(H,61,79)(H,62,76)(H,63,75)(H,64,80)(H,65,78)(H,66,73)(H,71,72)/t34-,35-,36+,37+,38+,39-,40-,41+,42+,43+,46+,47-,48+/m0/s1. The molecule has 13 atom stereocenters. The number of hydrogen-bond acceptors (Lipinski definition) is 15. The van der Waals surface area contributed by atoms with Gasteiger partial charge in [-0.1, -0.05) is 134 Å². The zero-order valence-corrected chi connectivity index (χ0v) is 50.7. The van der Waals surface area contributed by atoms with Crippen LogP contribution in [0.3, 0.4) is 0 Å². The molecule has 0 aromatic rings. The smallest absolute Gasteiger partial charge is 0.329 e. The first-order valence-corrected chi connectivity index (χ1v) is 29.6. The van der Waals surface area contributed by atoms with Crippen molar-refractivity contribution in [3.05, 3.63) is 0 Å². The fraction of sp³-hybridized carbons (Fsp3) is 0.807. The first-order chi connectivity index (χ1) is 38.5. The van der Waals surface area contributed by atoms with Gasteiger partial charge in [-0.3, -0.25) is 47.9 Å². The lowest BCUT2D eigenvalue weighted by Gasteiger charge is -2.32. The molecule has 1 rings (SSSR count). The average molecular weight is 1170 g/mol. The van der Waals surface area contributed by atoms with E-state index in [2.05, 4.69) is 54.8 Å². The Hall–Kier alpha value is -5.95. The van der Waals surface area contributed by atoms with E-state index in [1.807, 2.05) is 0 Å². The van der Waals surface area contributed by atoms with Gasteiger partial charge in [0.15, 0.2) is 0 Å². The van der Waals surface area contributed by atoms with Crippen molar-refractivity contribution in [1.82, 2.24) is 47.9 Å². The Morgan fingerprint density at radius 2 is 1.01 bits per heavy atom. The number of ether oxygens (including phenoxy) is 1. The highest BCUT2D eigenvalue weighted by molar-refractivity contribution is 5.99. The van der Waals surface area contributed by atoms with E-state index in [9.17, 15) is 73.2 Å². The highest BCUT2D eigenvalue weighted by Crippen LogP contribution is 2.18. The summed E-state index contributed by atoms with van der Waals surface area (Å²) in [5.74, 6) is -13.3. The lowest BCUT2D eigenvalue weighted by molar-refractivity contribution is -0.158. The van der Waals surface area contributed by atoms with Gasteiger partial charge in [0.25, 0.3) is 0 Å². The average Bonchev–Trinajstić information content (AvgIpc) is 3.58. The molecule has 1 saturated heterocycles. The third kappa shape index (κ3) is 27.4. The summed E-state index contributed by atoms with van der Waals surface area (Å²) in [6, 6.07) is -14.1. The first-order valence-electron chi connectivity index (χ1n) is 29.6. The molecule has 1 aliphatic heterocycles. The molecule has 13 N–H and O–H groups in total. The Morgan fingerprint density at radius 3 is 1.50 bits per heavy atom. The van der Waals surface area contributed by atoms with Crippen molar-refractivity contribution in [3.8, 4) is 0 Å². The van der Waals surface area contributed by atoms with Crippen LogP contribution in [0.15, 0.2) is 0 Å². The minimum atomic E-state index is -1.95. The summed E-state index contributed by atoms with van der Waals surface area (Å²) in [5, 5.41) is 63.9. The monoisotopic (exact) mass is 1170 g/mol. The minimum absolute atomic E-state index is 0.00953. The normalized spacial score (nSPS) is 23.9. The van der Waals surface area contributed by atoms with Gasteiger partial charge in [-0.2, -0.15) is 0 Å². The lowest BCUT2D eigenvalue weighted by Crippen LogP contribution is -2.64. The molecule has 25 heteroatoms. The number of rotatable bonds is 30. The van der Waals surface area contributed by atoms with Crippen molar-refractivity contribution < 1.29 is 77.9 Å². The van der Waals surface area contributed by atoms with Crippen LogP contribution in [-0.4, -0.2) is 165 Å². The molecule has 0 radical (unpaired) electrons. The molecule has 1 fully saturated rings. The van der Waals surface area contributed by atoms with Crippen LogP contribution in [0.5, 0.6) is 0 Å². The molecular weight excluding hydrogens is 1070 g/mol. The third-order valence-electron chi connectivity index (χ3n) is 14.4. The number of aliphatic carboxylic acids is 1. The quantitative estimate of drug-likeness (QED) is 0.0356. The van der Waals surface area contributed by atoms with Gasteiger partial charge in [-0.15, -0.1) is 0 Å². The molecule has 82 heavy (non-hydrogen) atoms. The Kier molecular flexibility index (Phi) is 35.0. The zero-order valence-electron chi connectivity index (χ0n) is 50.7. The van der Waals surface area contributed by atoms with E-state index in [1.54, 1.807) is 69.2 Å². The second-order valence-electron chi connectivity index (χ2n) is 23.3. The highest BCUT2D eigenvalue weighted by atomic mass is 16.5. The SMILES string of the molecule is CCCCCCCCC[C@@H](O)CC(=O)N[C@@H](CC(C)C)C(=O)N[C@H](CCC(=O)O)C(=O)N[C@H]1C(=O)N[C@H]([C@@H](C)CC)C(=O)N[C@H](CC(C)C)C(=O)N[C@H](CO)C(=O)N[C@@H](CC(C)C)C(=O)N[C@H](CO)C(=O)N[C@@H]([C@@H](C)CC)C(=O)O[C@@H]1C. The Morgan fingerprint density at radius 1 is 0.549 bits per heavy atom. The Labute approximate surface area is 484 Å². The summed E-state index contributed by atoms with van der Waals surface area (Å²) in [6.45, 7) is 18.5. The molecule has 0 aliphatic carbocycles.